The van der Waals surface area contributed by atoms with Gasteiger partial charge >= 0.3 is 6.09 Å². The van der Waals surface area contributed by atoms with Gasteiger partial charge in [-0.05, 0) is 24.6 Å². The Kier molecular flexibility index (Phi) is 6.76. The highest BCUT2D eigenvalue weighted by atomic mass is 32.1. The summed E-state index contributed by atoms with van der Waals surface area (Å²) in [6.45, 7) is 0.578. The largest absolute Gasteiger partial charge is 0.489 e. The van der Waals surface area contributed by atoms with E-state index in [0.717, 1.165) is 15.3 Å². The van der Waals surface area contributed by atoms with Crippen molar-refractivity contribution in [3.05, 3.63) is 30.1 Å². The van der Waals surface area contributed by atoms with Crippen molar-refractivity contribution in [1.82, 2.24) is 10.3 Å². The lowest BCUT2D eigenvalue weighted by Crippen LogP contribution is -2.25. The summed E-state index contributed by atoms with van der Waals surface area (Å²) in [5, 5.41) is 23.3. The van der Waals surface area contributed by atoms with Crippen molar-refractivity contribution >= 4 is 32.8 Å². The van der Waals surface area contributed by atoms with Crippen molar-refractivity contribution in [2.75, 3.05) is 31.6 Å². The van der Waals surface area contributed by atoms with E-state index in [1.54, 1.807) is 18.2 Å². The minimum absolute atomic E-state index is 0.0529. The quantitative estimate of drug-likeness (QED) is 0.516. The third-order valence-corrected chi connectivity index (χ3v) is 3.99. The molecule has 0 bridgehead atoms. The number of hydrogen-bond acceptors (Lipinski definition) is 6. The Morgan fingerprint density at radius 3 is 3.00 bits per heavy atom. The van der Waals surface area contributed by atoms with Gasteiger partial charge in [0.05, 0.1) is 16.5 Å². The molecule has 24 heavy (non-hydrogen) atoms. The van der Waals surface area contributed by atoms with Crippen LogP contribution in [0.1, 0.15) is 6.42 Å². The Bertz CT molecular complexity index is 720. The van der Waals surface area contributed by atoms with Gasteiger partial charge in [0.1, 0.15) is 12.4 Å². The monoisotopic (exact) mass is 355 g/mol. The second-order valence-corrected chi connectivity index (χ2v) is 5.90. The Hall–Kier alpha value is -2.39. The topological polar surface area (TPSA) is 104 Å². The normalized spacial score (nSPS) is 11.5. The molecule has 1 aromatic heterocycles. The molecule has 1 amide bonds. The fourth-order valence-electron chi connectivity index (χ4n) is 1.83. The summed E-state index contributed by atoms with van der Waals surface area (Å²) in [5.41, 5.74) is 1.00. The number of thiazole rings is 1. The van der Waals surface area contributed by atoms with E-state index < -0.39 is 6.09 Å². The number of amides is 1. The van der Waals surface area contributed by atoms with Crippen LogP contribution in [0.3, 0.4) is 0 Å². The summed E-state index contributed by atoms with van der Waals surface area (Å²) < 4.78 is 19.1. The van der Waals surface area contributed by atoms with E-state index in [4.69, 9.17) is 14.9 Å². The number of nitrogens with zero attached hydrogens (tertiary/aromatic N) is 1. The van der Waals surface area contributed by atoms with E-state index in [1.165, 1.54) is 11.3 Å². The van der Waals surface area contributed by atoms with E-state index in [0.29, 0.717) is 25.0 Å². The van der Waals surface area contributed by atoms with Gasteiger partial charge in [-0.25, -0.2) is 14.2 Å². The maximum absolute atomic E-state index is 12.7. The van der Waals surface area contributed by atoms with Crippen LogP contribution in [0.25, 0.3) is 10.2 Å². The highest BCUT2D eigenvalue weighted by Crippen LogP contribution is 2.29. The standard InChI is InChI=1S/C15H18FN3O4S/c16-7-10(8-18-15(21)22)9-23-11-2-3-12-13(6-11)24-14(19-12)17-4-1-5-20/h2-3,6-7,18,20H,1,4-5,8-9H2,(H,17,19)(H,21,22)/b10-7+. The molecule has 130 valence electrons. The highest BCUT2D eigenvalue weighted by Gasteiger charge is 2.07. The molecule has 0 aliphatic heterocycles. The van der Waals surface area contributed by atoms with Gasteiger partial charge in [-0.1, -0.05) is 11.3 Å². The van der Waals surface area contributed by atoms with Gasteiger partial charge in [0.15, 0.2) is 5.13 Å². The molecule has 0 saturated heterocycles. The Balaban J connectivity index is 1.95. The van der Waals surface area contributed by atoms with Crippen LogP contribution in [0.15, 0.2) is 30.1 Å². The van der Waals surface area contributed by atoms with E-state index in [-0.39, 0.29) is 25.3 Å². The van der Waals surface area contributed by atoms with Crippen LogP contribution in [0.2, 0.25) is 0 Å². The van der Waals surface area contributed by atoms with Crippen molar-refractivity contribution in [1.29, 1.82) is 0 Å². The van der Waals surface area contributed by atoms with Gasteiger partial charge in [-0.3, -0.25) is 0 Å². The van der Waals surface area contributed by atoms with E-state index in [1.807, 2.05) is 0 Å². The van der Waals surface area contributed by atoms with Crippen molar-refractivity contribution in [3.63, 3.8) is 0 Å². The number of hydrogen-bond donors (Lipinski definition) is 4. The zero-order chi connectivity index (χ0) is 17.4. The smallest absolute Gasteiger partial charge is 0.404 e. The predicted molar refractivity (Wildman–Crippen MR) is 90.5 cm³/mol. The minimum atomic E-state index is -1.22. The molecule has 1 aromatic carbocycles. The summed E-state index contributed by atoms with van der Waals surface area (Å²) in [6.07, 6.45) is -0.237. The highest BCUT2D eigenvalue weighted by molar-refractivity contribution is 7.22. The maximum Gasteiger partial charge on any atom is 0.404 e. The summed E-state index contributed by atoms with van der Waals surface area (Å²) in [5.74, 6) is 0.544. The second kappa shape index (κ2) is 9.04. The zero-order valence-corrected chi connectivity index (χ0v) is 13.6. The van der Waals surface area contributed by atoms with Crippen LogP contribution in [0.4, 0.5) is 14.3 Å². The van der Waals surface area contributed by atoms with Crippen LogP contribution in [-0.4, -0.2) is 47.6 Å². The van der Waals surface area contributed by atoms with Crippen molar-refractivity contribution in [3.8, 4) is 5.75 Å². The molecular formula is C15H18FN3O4S. The van der Waals surface area contributed by atoms with Gasteiger partial charge in [0, 0.05) is 25.3 Å². The van der Waals surface area contributed by atoms with Crippen LogP contribution in [0.5, 0.6) is 5.75 Å². The molecule has 7 nitrogen and oxygen atoms in total. The molecule has 2 aromatic rings. The Morgan fingerprint density at radius 2 is 2.29 bits per heavy atom. The number of aliphatic hydroxyl groups is 1. The average molecular weight is 355 g/mol. The molecule has 1 heterocycles. The van der Waals surface area contributed by atoms with Crippen LogP contribution in [0, 0.1) is 0 Å². The summed E-state index contributed by atoms with van der Waals surface area (Å²) >= 11 is 1.45. The van der Waals surface area contributed by atoms with Gasteiger partial charge in [0.2, 0.25) is 0 Å². The molecule has 2 rings (SSSR count). The second-order valence-electron chi connectivity index (χ2n) is 4.87. The first-order valence-electron chi connectivity index (χ1n) is 7.25. The van der Waals surface area contributed by atoms with Crippen molar-refractivity contribution in [2.24, 2.45) is 0 Å². The maximum atomic E-state index is 12.7. The zero-order valence-electron chi connectivity index (χ0n) is 12.8. The van der Waals surface area contributed by atoms with Gasteiger partial charge in [-0.15, -0.1) is 0 Å². The first kappa shape index (κ1) is 18.0. The van der Waals surface area contributed by atoms with Gasteiger partial charge < -0.3 is 25.6 Å². The van der Waals surface area contributed by atoms with Gasteiger partial charge in [-0.2, -0.15) is 0 Å². The van der Waals surface area contributed by atoms with Crippen LogP contribution in [-0.2, 0) is 0 Å². The lowest BCUT2D eigenvalue weighted by atomic mass is 10.3. The molecule has 0 radical (unpaired) electrons. The number of nitrogens with one attached hydrogen (secondary N) is 2. The lowest BCUT2D eigenvalue weighted by Gasteiger charge is -2.08. The van der Waals surface area contributed by atoms with E-state index in [2.05, 4.69) is 15.6 Å². The van der Waals surface area contributed by atoms with E-state index >= 15 is 0 Å². The molecule has 0 unspecified atom stereocenters. The number of benzene rings is 1. The molecule has 0 aliphatic rings. The Labute approximate surface area is 141 Å². The first-order valence-corrected chi connectivity index (χ1v) is 8.07. The molecule has 9 heteroatoms. The van der Waals surface area contributed by atoms with Crippen LogP contribution < -0.4 is 15.4 Å². The number of halogens is 1. The number of carbonyl (C=O) groups is 1. The molecule has 0 fully saturated rings. The summed E-state index contributed by atoms with van der Waals surface area (Å²) in [6, 6.07) is 5.32. The number of ether oxygens (including phenoxy) is 1. The number of aromatic nitrogens is 1. The average Bonchev–Trinajstić information content (AvgIpc) is 2.97. The Morgan fingerprint density at radius 1 is 1.46 bits per heavy atom. The number of rotatable bonds is 9. The molecule has 4 N–H and O–H groups in total. The molecule has 0 saturated carbocycles. The fourth-order valence-corrected chi connectivity index (χ4v) is 2.75. The predicted octanol–water partition coefficient (Wildman–Crippen LogP) is 2.59. The summed E-state index contributed by atoms with van der Waals surface area (Å²) in [7, 11) is 0. The lowest BCUT2D eigenvalue weighted by molar-refractivity contribution is 0.195. The molecular weight excluding hydrogens is 337 g/mol. The van der Waals surface area contributed by atoms with Crippen LogP contribution >= 0.6 is 11.3 Å². The third kappa shape index (κ3) is 5.36. The summed E-state index contributed by atoms with van der Waals surface area (Å²) in [4.78, 5) is 14.8. The SMILES string of the molecule is O=C(O)NC/C(=C\F)COc1ccc2nc(NCCCO)sc2c1. The first-order chi connectivity index (χ1) is 11.6. The fraction of sp³-hybridized carbons (Fsp3) is 0.333. The number of anilines is 1. The molecule has 0 spiro atoms. The number of aliphatic hydroxyl groups excluding tert-OH is 1. The number of carboxylic acid groups (broad SMARTS) is 1. The molecule has 0 atom stereocenters. The van der Waals surface area contributed by atoms with E-state index in [9.17, 15) is 9.18 Å². The van der Waals surface area contributed by atoms with Crippen molar-refractivity contribution < 1.29 is 24.1 Å². The third-order valence-electron chi connectivity index (χ3n) is 3.02. The van der Waals surface area contributed by atoms with Gasteiger partial charge in [0.25, 0.3) is 0 Å². The van der Waals surface area contributed by atoms with Crippen molar-refractivity contribution in [2.45, 2.75) is 6.42 Å². The number of fused-ring (bicyclic) bond motifs is 1. The minimum Gasteiger partial charge on any atom is -0.489 e. The molecule has 0 aliphatic carbocycles.